The molecule has 0 radical (unpaired) electrons. The van der Waals surface area contributed by atoms with Gasteiger partial charge in [-0.3, -0.25) is 9.59 Å². The topological polar surface area (TPSA) is 86.7 Å². The molecule has 0 saturated heterocycles. The fourth-order valence-electron chi connectivity index (χ4n) is 2.87. The molecule has 0 aromatic heterocycles. The second-order valence-electron chi connectivity index (χ2n) is 6.99. The number of methoxy groups -OCH3 is 2. The van der Waals surface area contributed by atoms with Crippen molar-refractivity contribution in [2.24, 2.45) is 0 Å². The first-order chi connectivity index (χ1) is 14.1. The Morgan fingerprint density at radius 3 is 1.17 bits per heavy atom. The van der Waals surface area contributed by atoms with Crippen molar-refractivity contribution < 1.29 is 28.7 Å². The minimum atomic E-state index is -1.09. The lowest BCUT2D eigenvalue weighted by Gasteiger charge is -2.13. The molecular formula is C24H24O6. The Morgan fingerprint density at radius 1 is 0.567 bits per heavy atom. The first kappa shape index (κ1) is 22.7. The second kappa shape index (κ2) is 9.31. The average molecular weight is 408 g/mol. The highest BCUT2D eigenvalue weighted by atomic mass is 16.5. The fraction of sp³-hybridized carbons (Fsp3) is 0.250. The highest BCUT2D eigenvalue weighted by molar-refractivity contribution is 6.36. The molecule has 6 nitrogen and oxygen atoms in total. The van der Waals surface area contributed by atoms with Crippen LogP contribution in [0.2, 0.25) is 0 Å². The smallest absolute Gasteiger partial charge is 0.342 e. The molecule has 30 heavy (non-hydrogen) atoms. The van der Waals surface area contributed by atoms with E-state index in [0.717, 1.165) is 36.5 Å². The van der Waals surface area contributed by atoms with Crippen LogP contribution in [0, 0.1) is 27.7 Å². The molecule has 2 aromatic rings. The zero-order valence-corrected chi connectivity index (χ0v) is 17.9. The summed E-state index contributed by atoms with van der Waals surface area (Å²) in [5.74, 6) is -3.75. The van der Waals surface area contributed by atoms with Crippen molar-refractivity contribution >= 4 is 23.5 Å². The predicted molar refractivity (Wildman–Crippen MR) is 112 cm³/mol. The first-order valence-corrected chi connectivity index (χ1v) is 9.27. The van der Waals surface area contributed by atoms with Crippen LogP contribution in [0.5, 0.6) is 0 Å². The summed E-state index contributed by atoms with van der Waals surface area (Å²) < 4.78 is 9.47. The number of aryl methyl sites for hydroxylation is 4. The quantitative estimate of drug-likeness (QED) is 0.239. The van der Waals surface area contributed by atoms with E-state index in [0.29, 0.717) is 0 Å². The van der Waals surface area contributed by atoms with Crippen molar-refractivity contribution in [3.05, 3.63) is 80.9 Å². The van der Waals surface area contributed by atoms with E-state index in [-0.39, 0.29) is 11.1 Å². The van der Waals surface area contributed by atoms with Crippen molar-refractivity contribution in [2.75, 3.05) is 14.2 Å². The fourth-order valence-corrected chi connectivity index (χ4v) is 2.87. The molecule has 0 atom stereocenters. The van der Waals surface area contributed by atoms with Gasteiger partial charge in [-0.15, -0.1) is 0 Å². The standard InChI is InChI=1S/C24H24O6/c1-13-7-9-17(11-15(13)3)21(25)19(23(27)29-5)20(24(28)30-6)22(26)18-10-8-14(2)16(4)12-18/h7-12H,1-6H3/b20-19+. The highest BCUT2D eigenvalue weighted by Gasteiger charge is 2.34. The van der Waals surface area contributed by atoms with Crippen LogP contribution in [-0.2, 0) is 19.1 Å². The van der Waals surface area contributed by atoms with Crippen LogP contribution in [0.25, 0.3) is 0 Å². The van der Waals surface area contributed by atoms with Gasteiger partial charge in [0.2, 0.25) is 11.6 Å². The number of hydrogen-bond acceptors (Lipinski definition) is 6. The molecule has 0 aliphatic heterocycles. The number of carbonyl (C=O) groups excluding carboxylic acids is 4. The zero-order valence-electron chi connectivity index (χ0n) is 17.9. The predicted octanol–water partition coefficient (Wildman–Crippen LogP) is 3.63. The van der Waals surface area contributed by atoms with Gasteiger partial charge in [0, 0.05) is 11.1 Å². The Balaban J connectivity index is 2.77. The van der Waals surface area contributed by atoms with Crippen LogP contribution in [-0.4, -0.2) is 37.7 Å². The van der Waals surface area contributed by atoms with Crippen molar-refractivity contribution in [1.82, 2.24) is 0 Å². The van der Waals surface area contributed by atoms with E-state index < -0.39 is 34.7 Å². The van der Waals surface area contributed by atoms with E-state index in [1.807, 2.05) is 27.7 Å². The van der Waals surface area contributed by atoms with Gasteiger partial charge in [-0.2, -0.15) is 0 Å². The van der Waals surface area contributed by atoms with Crippen LogP contribution in [0.3, 0.4) is 0 Å². The molecule has 156 valence electrons. The number of ether oxygens (including phenoxy) is 2. The normalized spacial score (nSPS) is 11.4. The van der Waals surface area contributed by atoms with E-state index in [1.54, 1.807) is 24.3 Å². The summed E-state index contributed by atoms with van der Waals surface area (Å²) in [5, 5.41) is 0. The Hall–Kier alpha value is -3.54. The lowest BCUT2D eigenvalue weighted by Crippen LogP contribution is -2.26. The second-order valence-corrected chi connectivity index (χ2v) is 6.99. The Bertz CT molecular complexity index is 990. The largest absolute Gasteiger partial charge is 0.465 e. The summed E-state index contributed by atoms with van der Waals surface area (Å²) in [6.07, 6.45) is 0. The number of esters is 2. The van der Waals surface area contributed by atoms with Crippen LogP contribution < -0.4 is 0 Å². The van der Waals surface area contributed by atoms with Gasteiger partial charge in [0.1, 0.15) is 11.1 Å². The van der Waals surface area contributed by atoms with Gasteiger partial charge in [-0.05, 0) is 62.1 Å². The molecule has 0 aliphatic rings. The molecule has 0 unspecified atom stereocenters. The van der Waals surface area contributed by atoms with Gasteiger partial charge in [0.25, 0.3) is 0 Å². The average Bonchev–Trinajstić information content (AvgIpc) is 2.73. The molecule has 0 saturated carbocycles. The molecule has 2 aromatic carbocycles. The van der Waals surface area contributed by atoms with Crippen molar-refractivity contribution in [3.63, 3.8) is 0 Å². The van der Waals surface area contributed by atoms with Crippen LogP contribution >= 0.6 is 0 Å². The molecule has 0 heterocycles. The Morgan fingerprint density at radius 2 is 0.900 bits per heavy atom. The van der Waals surface area contributed by atoms with Gasteiger partial charge < -0.3 is 9.47 Å². The number of ketones is 2. The van der Waals surface area contributed by atoms with E-state index >= 15 is 0 Å². The summed E-state index contributed by atoms with van der Waals surface area (Å²) in [6.45, 7) is 7.39. The summed E-state index contributed by atoms with van der Waals surface area (Å²) in [4.78, 5) is 51.5. The number of rotatable bonds is 6. The SMILES string of the molecule is COC(=O)/C(C(=O)c1ccc(C)c(C)c1)=C(/C(=O)OC)C(=O)c1ccc(C)c(C)c1. The first-order valence-electron chi connectivity index (χ1n) is 9.27. The Labute approximate surface area is 175 Å². The monoisotopic (exact) mass is 408 g/mol. The minimum Gasteiger partial charge on any atom is -0.465 e. The van der Waals surface area contributed by atoms with Gasteiger partial charge in [0.15, 0.2) is 0 Å². The van der Waals surface area contributed by atoms with E-state index in [4.69, 9.17) is 9.47 Å². The summed E-state index contributed by atoms with van der Waals surface area (Å²) in [5.41, 5.74) is 2.56. The summed E-state index contributed by atoms with van der Waals surface area (Å²) >= 11 is 0. The van der Waals surface area contributed by atoms with Crippen molar-refractivity contribution in [3.8, 4) is 0 Å². The number of benzene rings is 2. The highest BCUT2D eigenvalue weighted by Crippen LogP contribution is 2.22. The van der Waals surface area contributed by atoms with Crippen molar-refractivity contribution in [2.45, 2.75) is 27.7 Å². The van der Waals surface area contributed by atoms with Gasteiger partial charge in [-0.25, -0.2) is 9.59 Å². The Kier molecular flexibility index (Phi) is 7.06. The van der Waals surface area contributed by atoms with E-state index in [1.165, 1.54) is 12.1 Å². The molecule has 6 heteroatoms. The molecular weight excluding hydrogens is 384 g/mol. The third-order valence-electron chi connectivity index (χ3n) is 5.02. The minimum absolute atomic E-state index is 0.160. The summed E-state index contributed by atoms with van der Waals surface area (Å²) in [6, 6.07) is 9.69. The molecule has 0 spiro atoms. The third kappa shape index (κ3) is 4.54. The molecule has 0 aliphatic carbocycles. The van der Waals surface area contributed by atoms with Crippen LogP contribution in [0.1, 0.15) is 43.0 Å². The lowest BCUT2D eigenvalue weighted by atomic mass is 9.91. The van der Waals surface area contributed by atoms with E-state index in [2.05, 4.69) is 0 Å². The molecule has 0 fully saturated rings. The number of hydrogen-bond donors (Lipinski definition) is 0. The number of carbonyl (C=O) groups is 4. The third-order valence-corrected chi connectivity index (χ3v) is 5.02. The maximum atomic E-state index is 13.2. The zero-order chi connectivity index (χ0) is 22.6. The van der Waals surface area contributed by atoms with Gasteiger partial charge >= 0.3 is 11.9 Å². The molecule has 2 rings (SSSR count). The maximum absolute atomic E-state index is 13.2. The number of Topliss-reactive ketones (excluding diaryl/α,β-unsaturated/α-hetero) is 2. The van der Waals surface area contributed by atoms with Gasteiger partial charge in [0.05, 0.1) is 14.2 Å². The van der Waals surface area contributed by atoms with Crippen LogP contribution in [0.15, 0.2) is 47.5 Å². The van der Waals surface area contributed by atoms with Crippen molar-refractivity contribution in [1.29, 1.82) is 0 Å². The van der Waals surface area contributed by atoms with E-state index in [9.17, 15) is 19.2 Å². The van der Waals surface area contributed by atoms with Gasteiger partial charge in [-0.1, -0.05) is 24.3 Å². The maximum Gasteiger partial charge on any atom is 0.342 e. The lowest BCUT2D eigenvalue weighted by molar-refractivity contribution is -0.138. The molecule has 0 amide bonds. The molecule has 0 bridgehead atoms. The van der Waals surface area contributed by atoms with Crippen LogP contribution in [0.4, 0.5) is 0 Å². The summed E-state index contributed by atoms with van der Waals surface area (Å²) in [7, 11) is 2.15. The molecule has 0 N–H and O–H groups in total.